The van der Waals surface area contributed by atoms with Gasteiger partial charge in [0.15, 0.2) is 11.5 Å². The molecular weight excluding hydrogens is 364 g/mol. The van der Waals surface area contributed by atoms with Crippen LogP contribution in [0.2, 0.25) is 0 Å². The second kappa shape index (κ2) is 6.44. The van der Waals surface area contributed by atoms with Crippen LogP contribution in [-0.2, 0) is 0 Å². The minimum atomic E-state index is 0.729. The average Bonchev–Trinajstić information content (AvgIpc) is 3.52. The largest absolute Gasteiger partial charge is 0.370 e. The SMILES string of the molecule is c1cc(N2CCCCC2)c2nc(-c3n[nH]c4ccc(-c5cn[nH]c5)cc34)[nH]c2n1. The molecule has 3 N–H and O–H groups in total. The zero-order valence-corrected chi connectivity index (χ0v) is 15.8. The summed E-state index contributed by atoms with van der Waals surface area (Å²) in [5.41, 5.74) is 6.74. The number of aromatic amines is 3. The standard InChI is InChI=1S/C21H20N8/c1-2-8-29(9-3-1)17-6-7-22-20-19(17)25-21(26-20)18-15-10-13(14-11-23-24-12-14)4-5-16(15)27-28-18/h4-7,10-12H,1-3,8-9H2,(H,23,24)(H,27,28)(H,22,25,26). The zero-order valence-electron chi connectivity index (χ0n) is 15.8. The predicted molar refractivity (Wildman–Crippen MR) is 113 cm³/mol. The topological polar surface area (TPSA) is 102 Å². The number of hydrogen-bond acceptors (Lipinski definition) is 5. The molecule has 0 amide bonds. The van der Waals surface area contributed by atoms with Gasteiger partial charge in [0, 0.05) is 36.4 Å². The highest BCUT2D eigenvalue weighted by Crippen LogP contribution is 2.32. The van der Waals surface area contributed by atoms with Crippen molar-refractivity contribution in [1.82, 2.24) is 35.3 Å². The summed E-state index contributed by atoms with van der Waals surface area (Å²) >= 11 is 0. The maximum atomic E-state index is 4.91. The summed E-state index contributed by atoms with van der Waals surface area (Å²) < 4.78 is 0. The Balaban J connectivity index is 1.48. The van der Waals surface area contributed by atoms with Gasteiger partial charge in [0.1, 0.15) is 11.2 Å². The molecular formula is C21H20N8. The van der Waals surface area contributed by atoms with E-state index in [2.05, 4.69) is 53.5 Å². The van der Waals surface area contributed by atoms with E-state index in [1.54, 1.807) is 0 Å². The second-order valence-electron chi connectivity index (χ2n) is 7.48. The highest BCUT2D eigenvalue weighted by atomic mass is 15.2. The third-order valence-corrected chi connectivity index (χ3v) is 5.68. The average molecular weight is 384 g/mol. The van der Waals surface area contributed by atoms with Crippen molar-refractivity contribution in [2.24, 2.45) is 0 Å². The number of fused-ring (bicyclic) bond motifs is 2. The lowest BCUT2D eigenvalue weighted by atomic mass is 10.1. The summed E-state index contributed by atoms with van der Waals surface area (Å²) in [6.07, 6.45) is 9.31. The van der Waals surface area contributed by atoms with E-state index in [0.717, 1.165) is 63.5 Å². The summed E-state index contributed by atoms with van der Waals surface area (Å²) in [6, 6.07) is 8.28. The molecule has 144 valence electrons. The van der Waals surface area contributed by atoms with Crippen LogP contribution in [0.4, 0.5) is 5.69 Å². The number of benzene rings is 1. The van der Waals surface area contributed by atoms with Gasteiger partial charge in [-0.2, -0.15) is 10.2 Å². The Bertz CT molecular complexity index is 1290. The first-order chi connectivity index (χ1) is 14.4. The third-order valence-electron chi connectivity index (χ3n) is 5.68. The number of piperidine rings is 1. The molecule has 1 saturated heterocycles. The molecule has 0 atom stereocenters. The molecule has 1 aliphatic rings. The predicted octanol–water partition coefficient (Wildman–Crippen LogP) is 3.88. The molecule has 0 aliphatic carbocycles. The minimum absolute atomic E-state index is 0.729. The van der Waals surface area contributed by atoms with E-state index >= 15 is 0 Å². The first-order valence-corrected chi connectivity index (χ1v) is 9.94. The van der Waals surface area contributed by atoms with Crippen molar-refractivity contribution in [2.45, 2.75) is 19.3 Å². The Kier molecular flexibility index (Phi) is 3.62. The summed E-state index contributed by atoms with van der Waals surface area (Å²) in [7, 11) is 0. The summed E-state index contributed by atoms with van der Waals surface area (Å²) in [4.78, 5) is 15.2. The Morgan fingerprint density at radius 3 is 2.79 bits per heavy atom. The van der Waals surface area contributed by atoms with E-state index in [9.17, 15) is 0 Å². The molecule has 4 aromatic heterocycles. The van der Waals surface area contributed by atoms with Crippen LogP contribution in [-0.4, -0.2) is 48.4 Å². The lowest BCUT2D eigenvalue weighted by molar-refractivity contribution is 0.578. The summed E-state index contributed by atoms with van der Waals surface area (Å²) in [5.74, 6) is 0.729. The van der Waals surface area contributed by atoms with Crippen LogP contribution < -0.4 is 4.90 Å². The molecule has 0 unspecified atom stereocenters. The zero-order chi connectivity index (χ0) is 19.2. The van der Waals surface area contributed by atoms with Gasteiger partial charge >= 0.3 is 0 Å². The van der Waals surface area contributed by atoms with Crippen LogP contribution in [0.25, 0.3) is 44.7 Å². The molecule has 1 aliphatic heterocycles. The highest BCUT2D eigenvalue weighted by Gasteiger charge is 2.19. The number of nitrogens with one attached hydrogen (secondary N) is 3. The van der Waals surface area contributed by atoms with Crippen molar-refractivity contribution in [3.63, 3.8) is 0 Å². The van der Waals surface area contributed by atoms with Crippen LogP contribution in [0.15, 0.2) is 42.9 Å². The Hall–Kier alpha value is -3.68. The molecule has 5 aromatic rings. The highest BCUT2D eigenvalue weighted by molar-refractivity contribution is 5.96. The summed E-state index contributed by atoms with van der Waals surface area (Å²) in [6.45, 7) is 2.14. The number of H-pyrrole nitrogens is 3. The number of pyridine rings is 1. The van der Waals surface area contributed by atoms with E-state index in [4.69, 9.17) is 4.98 Å². The van der Waals surface area contributed by atoms with Crippen LogP contribution in [0.3, 0.4) is 0 Å². The first-order valence-electron chi connectivity index (χ1n) is 9.94. The molecule has 8 heteroatoms. The Morgan fingerprint density at radius 1 is 1.00 bits per heavy atom. The van der Waals surface area contributed by atoms with Gasteiger partial charge in [-0.15, -0.1) is 0 Å². The van der Waals surface area contributed by atoms with Gasteiger partial charge < -0.3 is 9.88 Å². The molecule has 5 heterocycles. The first kappa shape index (κ1) is 16.3. The van der Waals surface area contributed by atoms with Gasteiger partial charge in [-0.3, -0.25) is 10.2 Å². The number of hydrogen-bond donors (Lipinski definition) is 3. The second-order valence-corrected chi connectivity index (χ2v) is 7.48. The number of rotatable bonds is 3. The summed E-state index contributed by atoms with van der Waals surface area (Å²) in [5, 5.41) is 15.6. The molecule has 0 radical (unpaired) electrons. The van der Waals surface area contributed by atoms with Crippen molar-refractivity contribution in [3.8, 4) is 22.6 Å². The molecule has 1 fully saturated rings. The van der Waals surface area contributed by atoms with Gasteiger partial charge in [-0.05, 0) is 43.0 Å². The number of nitrogens with zero attached hydrogens (tertiary/aromatic N) is 5. The fourth-order valence-corrected chi connectivity index (χ4v) is 4.18. The monoisotopic (exact) mass is 384 g/mol. The van der Waals surface area contributed by atoms with Gasteiger partial charge in [-0.1, -0.05) is 6.07 Å². The normalized spacial score (nSPS) is 14.8. The molecule has 0 bridgehead atoms. The Morgan fingerprint density at radius 2 is 1.93 bits per heavy atom. The van der Waals surface area contributed by atoms with Gasteiger partial charge in [0.2, 0.25) is 0 Å². The maximum Gasteiger partial charge on any atom is 0.161 e. The third kappa shape index (κ3) is 2.67. The van der Waals surface area contributed by atoms with Crippen LogP contribution in [0.5, 0.6) is 0 Å². The van der Waals surface area contributed by atoms with Crippen LogP contribution in [0, 0.1) is 0 Å². The van der Waals surface area contributed by atoms with Crippen molar-refractivity contribution in [2.75, 3.05) is 18.0 Å². The van der Waals surface area contributed by atoms with E-state index in [0.29, 0.717) is 0 Å². The van der Waals surface area contributed by atoms with E-state index in [-0.39, 0.29) is 0 Å². The van der Waals surface area contributed by atoms with Crippen molar-refractivity contribution >= 4 is 27.8 Å². The fraction of sp³-hybridized carbons (Fsp3) is 0.238. The van der Waals surface area contributed by atoms with Crippen LogP contribution in [0.1, 0.15) is 19.3 Å². The fourth-order valence-electron chi connectivity index (χ4n) is 4.18. The lowest BCUT2D eigenvalue weighted by Gasteiger charge is -2.28. The quantitative estimate of drug-likeness (QED) is 0.438. The van der Waals surface area contributed by atoms with Crippen molar-refractivity contribution in [3.05, 3.63) is 42.9 Å². The van der Waals surface area contributed by atoms with E-state index in [1.165, 1.54) is 19.3 Å². The molecule has 8 nitrogen and oxygen atoms in total. The van der Waals surface area contributed by atoms with Crippen molar-refractivity contribution < 1.29 is 0 Å². The number of aromatic nitrogens is 7. The molecule has 6 rings (SSSR count). The maximum absolute atomic E-state index is 4.91. The van der Waals surface area contributed by atoms with E-state index in [1.807, 2.05) is 24.7 Å². The number of anilines is 1. The molecule has 29 heavy (non-hydrogen) atoms. The Labute approximate surface area is 166 Å². The van der Waals surface area contributed by atoms with Gasteiger partial charge in [0.25, 0.3) is 0 Å². The van der Waals surface area contributed by atoms with Crippen LogP contribution >= 0.6 is 0 Å². The molecule has 0 saturated carbocycles. The lowest BCUT2D eigenvalue weighted by Crippen LogP contribution is -2.29. The van der Waals surface area contributed by atoms with Gasteiger partial charge in [-0.25, -0.2) is 9.97 Å². The van der Waals surface area contributed by atoms with Gasteiger partial charge in [0.05, 0.1) is 17.4 Å². The number of imidazole rings is 1. The van der Waals surface area contributed by atoms with E-state index < -0.39 is 0 Å². The minimum Gasteiger partial charge on any atom is -0.370 e. The molecule has 0 spiro atoms. The molecule has 1 aromatic carbocycles. The van der Waals surface area contributed by atoms with Crippen molar-refractivity contribution in [1.29, 1.82) is 0 Å². The smallest absolute Gasteiger partial charge is 0.161 e.